The largest absolute Gasteiger partial charge is 0.386 e. The van der Waals surface area contributed by atoms with Gasteiger partial charge in [0.05, 0.1) is 29.5 Å². The van der Waals surface area contributed by atoms with Crippen molar-refractivity contribution in [3.05, 3.63) is 63.9 Å². The number of ether oxygens (including phenoxy) is 1. The second kappa shape index (κ2) is 7.47. The maximum absolute atomic E-state index is 13.2. The number of benzene rings is 1. The number of nitrogens with zero attached hydrogens (tertiary/aromatic N) is 2. The van der Waals surface area contributed by atoms with E-state index in [0.717, 1.165) is 11.3 Å². The Morgan fingerprint density at radius 1 is 1.29 bits per heavy atom. The van der Waals surface area contributed by atoms with Gasteiger partial charge in [0.2, 0.25) is 0 Å². The van der Waals surface area contributed by atoms with Crippen LogP contribution in [-0.2, 0) is 16.9 Å². The third-order valence-corrected chi connectivity index (χ3v) is 5.86. The highest BCUT2D eigenvalue weighted by atomic mass is 35.5. The summed E-state index contributed by atoms with van der Waals surface area (Å²) in [6.07, 6.45) is 4.77. The van der Waals surface area contributed by atoms with E-state index in [1.165, 1.54) is 19.3 Å². The third kappa shape index (κ3) is 3.79. The van der Waals surface area contributed by atoms with Crippen LogP contribution in [0.2, 0.25) is 5.02 Å². The molecule has 1 saturated carbocycles. The maximum atomic E-state index is 13.2. The van der Waals surface area contributed by atoms with Crippen molar-refractivity contribution in [3.8, 4) is 0 Å². The standard InChI is InChI=1S/C22H25ClN2O3/c1-22(2,27)15-6-9-18-19(10-15)20(26)25(12-17-8-7-16(23)11-24-17)21(18)28-13-14-4-3-5-14/h6-11,14,21,27H,3-5,12-13H2,1-2H3. The number of pyridine rings is 1. The number of fused-ring (bicyclic) bond motifs is 1. The van der Waals surface area contributed by atoms with E-state index in [4.69, 9.17) is 16.3 Å². The Kier molecular flexibility index (Phi) is 5.17. The Bertz CT molecular complexity index is 872. The Hall–Kier alpha value is -1.95. The number of hydrogen-bond acceptors (Lipinski definition) is 4. The van der Waals surface area contributed by atoms with Crippen molar-refractivity contribution in [2.24, 2.45) is 5.92 Å². The lowest BCUT2D eigenvalue weighted by Crippen LogP contribution is -2.31. The highest BCUT2D eigenvalue weighted by Gasteiger charge is 2.39. The molecule has 0 spiro atoms. The summed E-state index contributed by atoms with van der Waals surface area (Å²) in [5.41, 5.74) is 1.90. The minimum absolute atomic E-state index is 0.101. The number of carbonyl (C=O) groups is 1. The van der Waals surface area contributed by atoms with Crippen LogP contribution in [0.5, 0.6) is 0 Å². The SMILES string of the molecule is CC(C)(O)c1ccc2c(c1)C(=O)N(Cc1ccc(Cl)cn1)C2OCC1CCC1. The molecule has 1 amide bonds. The van der Waals surface area contributed by atoms with Crippen LogP contribution in [-0.4, -0.2) is 27.5 Å². The van der Waals surface area contributed by atoms with E-state index in [1.54, 1.807) is 37.1 Å². The molecule has 1 fully saturated rings. The molecule has 0 radical (unpaired) electrons. The number of carbonyl (C=O) groups excluding carboxylic acids is 1. The molecule has 0 bridgehead atoms. The molecule has 1 aromatic heterocycles. The molecule has 1 aromatic carbocycles. The minimum atomic E-state index is -1.01. The average molecular weight is 401 g/mol. The lowest BCUT2D eigenvalue weighted by atomic mass is 9.86. The molecule has 1 atom stereocenters. The van der Waals surface area contributed by atoms with E-state index in [1.807, 2.05) is 18.2 Å². The van der Waals surface area contributed by atoms with Crippen molar-refractivity contribution < 1.29 is 14.6 Å². The molecule has 2 heterocycles. The fourth-order valence-corrected chi connectivity index (χ4v) is 3.77. The van der Waals surface area contributed by atoms with Crippen LogP contribution in [0, 0.1) is 5.92 Å². The van der Waals surface area contributed by atoms with Gasteiger partial charge in [-0.05, 0) is 56.4 Å². The minimum Gasteiger partial charge on any atom is -0.386 e. The van der Waals surface area contributed by atoms with Gasteiger partial charge in [-0.3, -0.25) is 9.78 Å². The normalized spacial score (nSPS) is 19.6. The summed E-state index contributed by atoms with van der Waals surface area (Å²) in [6.45, 7) is 4.43. The number of hydrogen-bond donors (Lipinski definition) is 1. The third-order valence-electron chi connectivity index (χ3n) is 5.64. The second-order valence-electron chi connectivity index (χ2n) is 8.24. The van der Waals surface area contributed by atoms with Crippen molar-refractivity contribution in [2.75, 3.05) is 6.61 Å². The summed E-state index contributed by atoms with van der Waals surface area (Å²) < 4.78 is 6.23. The van der Waals surface area contributed by atoms with Crippen molar-refractivity contribution in [2.45, 2.75) is 51.5 Å². The van der Waals surface area contributed by atoms with Gasteiger partial charge in [-0.2, -0.15) is 0 Å². The fourth-order valence-electron chi connectivity index (χ4n) is 3.66. The summed E-state index contributed by atoms with van der Waals surface area (Å²) in [5.74, 6) is 0.474. The first-order chi connectivity index (χ1) is 13.3. The molecule has 6 heteroatoms. The molecule has 1 aliphatic heterocycles. The quantitative estimate of drug-likeness (QED) is 0.778. The molecule has 1 N–H and O–H groups in total. The Labute approximate surface area is 170 Å². The first kappa shape index (κ1) is 19.4. The molecular weight excluding hydrogens is 376 g/mol. The van der Waals surface area contributed by atoms with Gasteiger partial charge in [0, 0.05) is 17.3 Å². The average Bonchev–Trinajstić information content (AvgIpc) is 2.87. The van der Waals surface area contributed by atoms with Gasteiger partial charge in [0.25, 0.3) is 5.91 Å². The summed E-state index contributed by atoms with van der Waals surface area (Å²) >= 11 is 5.93. The molecule has 28 heavy (non-hydrogen) atoms. The molecular formula is C22H25ClN2O3. The number of aromatic nitrogens is 1. The van der Waals surface area contributed by atoms with Crippen LogP contribution >= 0.6 is 11.6 Å². The van der Waals surface area contributed by atoms with Crippen LogP contribution in [0.15, 0.2) is 36.5 Å². The molecule has 148 valence electrons. The highest BCUT2D eigenvalue weighted by Crippen LogP contribution is 2.39. The summed E-state index contributed by atoms with van der Waals surface area (Å²) in [4.78, 5) is 19.2. The van der Waals surface area contributed by atoms with E-state index in [9.17, 15) is 9.90 Å². The molecule has 0 saturated heterocycles. The summed E-state index contributed by atoms with van der Waals surface area (Å²) in [7, 11) is 0. The van der Waals surface area contributed by atoms with Crippen molar-refractivity contribution in [3.63, 3.8) is 0 Å². The second-order valence-corrected chi connectivity index (χ2v) is 8.68. The van der Waals surface area contributed by atoms with Crippen LogP contribution in [0.3, 0.4) is 0 Å². The fraction of sp³-hybridized carbons (Fsp3) is 0.455. The lowest BCUT2D eigenvalue weighted by molar-refractivity contribution is -0.0647. The predicted octanol–water partition coefficient (Wildman–Crippen LogP) is 4.43. The smallest absolute Gasteiger partial charge is 0.256 e. The monoisotopic (exact) mass is 400 g/mol. The number of amides is 1. The van der Waals surface area contributed by atoms with Gasteiger partial charge in [-0.1, -0.05) is 30.2 Å². The van der Waals surface area contributed by atoms with Gasteiger partial charge < -0.3 is 14.7 Å². The van der Waals surface area contributed by atoms with Crippen LogP contribution in [0.25, 0.3) is 0 Å². The topological polar surface area (TPSA) is 62.7 Å². The van der Waals surface area contributed by atoms with E-state index >= 15 is 0 Å². The zero-order valence-electron chi connectivity index (χ0n) is 16.2. The zero-order chi connectivity index (χ0) is 19.9. The van der Waals surface area contributed by atoms with Gasteiger partial charge >= 0.3 is 0 Å². The van der Waals surface area contributed by atoms with E-state index in [0.29, 0.717) is 35.2 Å². The van der Waals surface area contributed by atoms with Crippen LogP contribution < -0.4 is 0 Å². The molecule has 4 rings (SSSR count). The van der Waals surface area contributed by atoms with Crippen molar-refractivity contribution in [1.29, 1.82) is 0 Å². The first-order valence-electron chi connectivity index (χ1n) is 9.73. The highest BCUT2D eigenvalue weighted by molar-refractivity contribution is 6.30. The molecule has 2 aliphatic rings. The van der Waals surface area contributed by atoms with Gasteiger partial charge in [0.1, 0.15) is 0 Å². The summed E-state index contributed by atoms with van der Waals surface area (Å²) in [6, 6.07) is 9.15. The zero-order valence-corrected chi connectivity index (χ0v) is 16.9. The molecule has 1 unspecified atom stereocenters. The maximum Gasteiger partial charge on any atom is 0.256 e. The summed E-state index contributed by atoms with van der Waals surface area (Å²) in [5, 5.41) is 10.9. The number of rotatable bonds is 6. The van der Waals surface area contributed by atoms with Crippen LogP contribution in [0.4, 0.5) is 0 Å². The predicted molar refractivity (Wildman–Crippen MR) is 107 cm³/mol. The van der Waals surface area contributed by atoms with E-state index < -0.39 is 11.8 Å². The van der Waals surface area contributed by atoms with Gasteiger partial charge in [0.15, 0.2) is 6.23 Å². The lowest BCUT2D eigenvalue weighted by Gasteiger charge is -2.30. The molecule has 1 aliphatic carbocycles. The van der Waals surface area contributed by atoms with Gasteiger partial charge in [-0.25, -0.2) is 0 Å². The van der Waals surface area contributed by atoms with Crippen molar-refractivity contribution in [1.82, 2.24) is 9.88 Å². The van der Waals surface area contributed by atoms with Crippen LogP contribution in [0.1, 0.15) is 66.5 Å². The molecule has 2 aromatic rings. The van der Waals surface area contributed by atoms with Crippen molar-refractivity contribution >= 4 is 17.5 Å². The van der Waals surface area contributed by atoms with Gasteiger partial charge in [-0.15, -0.1) is 0 Å². The Balaban J connectivity index is 1.64. The first-order valence-corrected chi connectivity index (χ1v) is 10.1. The molecule has 5 nitrogen and oxygen atoms in total. The number of aliphatic hydroxyl groups is 1. The Morgan fingerprint density at radius 2 is 2.07 bits per heavy atom. The number of halogens is 1. The van der Waals surface area contributed by atoms with E-state index in [-0.39, 0.29) is 5.91 Å². The van der Waals surface area contributed by atoms with E-state index in [2.05, 4.69) is 4.98 Å². The Morgan fingerprint density at radius 3 is 2.68 bits per heavy atom.